The minimum atomic E-state index is -0.168. The average molecular weight is 1690 g/mol. The van der Waals surface area contributed by atoms with Crippen LogP contribution in [0.5, 0.6) is 0 Å². The summed E-state index contributed by atoms with van der Waals surface area (Å²) in [5.74, 6) is 0. The van der Waals surface area contributed by atoms with Crippen LogP contribution in [-0.2, 0) is 21.7 Å². The molecule has 0 spiro atoms. The number of nitrogens with one attached hydrogen (secondary N) is 1. The summed E-state index contributed by atoms with van der Waals surface area (Å²) in [4.78, 5) is 7.40. The maximum absolute atomic E-state index is 3.55. The Hall–Kier alpha value is -14.4. The Morgan fingerprint density at radius 1 is 0.198 bits per heavy atom. The van der Waals surface area contributed by atoms with Gasteiger partial charge in [0.25, 0.3) is 0 Å². The minimum absolute atomic E-state index is 0. The second kappa shape index (κ2) is 33.4. The number of rotatable bonds is 13. The van der Waals surface area contributed by atoms with Crippen LogP contribution in [0.4, 0.5) is 62.6 Å². The number of halogens is 1. The van der Waals surface area contributed by atoms with Crippen molar-refractivity contribution in [2.24, 2.45) is 0 Å². The van der Waals surface area contributed by atoms with E-state index in [1.807, 2.05) is 12.1 Å². The monoisotopic (exact) mass is 1690 g/mol. The zero-order valence-electron chi connectivity index (χ0n) is 71.8. The summed E-state index contributed by atoms with van der Waals surface area (Å²) in [6, 6.07) is 158. The first kappa shape index (κ1) is 81.3. The lowest BCUT2D eigenvalue weighted by molar-refractivity contribution is 0.597. The molecule has 126 heavy (non-hydrogen) atoms. The second-order valence-corrected chi connectivity index (χ2v) is 36.4. The normalized spacial score (nSPS) is 13.8. The predicted octanol–water partition coefficient (Wildman–Crippen LogP) is 34.5. The van der Waals surface area contributed by atoms with E-state index in [1.165, 1.54) is 168 Å². The van der Waals surface area contributed by atoms with Gasteiger partial charge in [0.05, 0.1) is 34.1 Å². The first-order chi connectivity index (χ1) is 60.9. The molecule has 18 aromatic rings. The fraction of sp³-hybridized carbons (Fsp3) is 0.107. The third kappa shape index (κ3) is 15.0. The maximum atomic E-state index is 3.55. The molecule has 0 unspecified atom stereocenters. The molecule has 4 aliphatic rings. The van der Waals surface area contributed by atoms with Crippen LogP contribution in [0.15, 0.2) is 441 Å². The van der Waals surface area contributed by atoms with Crippen molar-refractivity contribution in [3.05, 3.63) is 486 Å². The van der Waals surface area contributed by atoms with E-state index >= 15 is 0 Å². The first-order valence-electron chi connectivity index (χ1n) is 43.5. The lowest BCUT2D eigenvalue weighted by atomic mass is 9.65. The van der Waals surface area contributed by atoms with Gasteiger partial charge in [-0.2, -0.15) is 0 Å². The molecule has 18 aromatic carbocycles. The highest BCUT2D eigenvalue weighted by Gasteiger charge is 2.48. The lowest BCUT2D eigenvalue weighted by Crippen LogP contribution is -2.38. The van der Waals surface area contributed by atoms with Crippen molar-refractivity contribution in [2.75, 3.05) is 20.0 Å². The van der Waals surface area contributed by atoms with Gasteiger partial charge in [-0.05, 0) is 255 Å². The molecule has 612 valence electrons. The fourth-order valence-corrected chi connectivity index (χ4v) is 19.8. The zero-order chi connectivity index (χ0) is 85.1. The van der Waals surface area contributed by atoms with E-state index in [2.05, 4.69) is 516 Å². The Morgan fingerprint density at radius 3 is 0.619 bits per heavy atom. The summed E-state index contributed by atoms with van der Waals surface area (Å²) < 4.78 is 1.10. The summed E-state index contributed by atoms with van der Waals surface area (Å²) in [5, 5.41) is 3.46. The predicted molar refractivity (Wildman–Crippen MR) is 540 cm³/mol. The zero-order valence-corrected chi connectivity index (χ0v) is 73.4. The molecule has 5 heteroatoms. The van der Waals surface area contributed by atoms with Gasteiger partial charge in [0.1, 0.15) is 0 Å². The van der Waals surface area contributed by atoms with Crippen LogP contribution >= 0.6 is 15.9 Å². The molecule has 1 N–H and O–H groups in total. The van der Waals surface area contributed by atoms with E-state index in [-0.39, 0.29) is 29.1 Å². The number of benzene rings is 18. The number of fused-ring (bicyclic) bond motifs is 8. The number of hydrogen-bond acceptors (Lipinski definition) is 4. The molecule has 0 aliphatic carbocycles. The SMILES string of the molecule is C.CC1(C)c2ccccc2N2c3ccccc3C(C)(C)c3cc(-c4ccc(-c5ccc(Br)cc5)cc4)cc1c32.CC1(C)c2ccccc2N2c3ccccc3C(C)(C)c3cc(-c4ccc(-c5ccc(N(c6ccc(-c7ccccc7)cc6)c6ccc(-c7ccccc7)cc6)cc5)cc4)cc1c32.c1ccc(-c2ccc(Nc3ccc(-c4ccccc4)cc3)cc2)cc1. The molecule has 4 nitrogen and oxygen atoms in total. The summed E-state index contributed by atoms with van der Waals surface area (Å²) in [6.07, 6.45) is 0. The van der Waals surface area contributed by atoms with E-state index < -0.39 is 0 Å². The Bertz CT molecular complexity index is 6640. The summed E-state index contributed by atoms with van der Waals surface area (Å²) >= 11 is 3.55. The highest BCUT2D eigenvalue weighted by atomic mass is 79.9. The van der Waals surface area contributed by atoms with E-state index in [1.54, 1.807) is 0 Å². The third-order valence-corrected chi connectivity index (χ3v) is 27.0. The molecule has 4 heterocycles. The molecule has 0 saturated heterocycles. The van der Waals surface area contributed by atoms with Crippen molar-refractivity contribution in [1.29, 1.82) is 0 Å². The van der Waals surface area contributed by atoms with Gasteiger partial charge in [0.15, 0.2) is 0 Å². The Balaban J connectivity index is 0.000000137. The molecular formula is C121H101BrN4. The van der Waals surface area contributed by atoms with Crippen LogP contribution < -0.4 is 20.0 Å². The van der Waals surface area contributed by atoms with Crippen molar-refractivity contribution in [1.82, 2.24) is 0 Å². The van der Waals surface area contributed by atoms with E-state index in [4.69, 9.17) is 0 Å². The van der Waals surface area contributed by atoms with Gasteiger partial charge in [0, 0.05) is 54.6 Å². The van der Waals surface area contributed by atoms with Gasteiger partial charge in [0.2, 0.25) is 0 Å². The van der Waals surface area contributed by atoms with Crippen LogP contribution in [0, 0.1) is 0 Å². The van der Waals surface area contributed by atoms with Crippen molar-refractivity contribution in [3.8, 4) is 89.0 Å². The smallest absolute Gasteiger partial charge is 0.0544 e. The maximum Gasteiger partial charge on any atom is 0.0544 e. The molecule has 0 aromatic heterocycles. The van der Waals surface area contributed by atoms with Crippen LogP contribution in [-0.4, -0.2) is 0 Å². The molecule has 22 rings (SSSR count). The van der Waals surface area contributed by atoms with Gasteiger partial charge >= 0.3 is 0 Å². The second-order valence-electron chi connectivity index (χ2n) is 35.5. The van der Waals surface area contributed by atoms with E-state index in [0.717, 1.165) is 32.9 Å². The standard InChI is InChI=1S/C60H48N2.C36H30BrN.C24H19N.CH4/c1-59(2)52-19-11-13-21-56(52)62-57-22-14-12-20-53(57)60(3,4)55-40-48(39-54(59)58(55)62)47-25-23-43(24-26-47)46-31-37-51(38-32-46)61(49-33-27-44(28-34-49)41-15-7-5-8-16-41)50-35-29-45(30-36-50)42-17-9-6-10-18-42;1-35(2)28-9-5-7-11-32(28)38-33-12-8-6-10-29(33)36(3,4)31-22-26(21-30(35)34(31)38)25-15-13-23(14-16-25)24-17-19-27(37)20-18-24;1-3-7-19(8-4-1)21-11-15-23(16-12-21)25-24-17-13-22(14-18-24)20-9-5-2-6-10-20;/h5-40H,1-4H3;5-22H,1-4H3;1-18,25H;1H4. The number of hydrogen-bond donors (Lipinski definition) is 1. The van der Waals surface area contributed by atoms with Crippen LogP contribution in [0.1, 0.15) is 107 Å². The summed E-state index contributed by atoms with van der Waals surface area (Å²) in [5.41, 5.74) is 43.4. The molecule has 0 amide bonds. The highest BCUT2D eigenvalue weighted by Crippen LogP contribution is 2.63. The number of para-hydroxylation sites is 4. The van der Waals surface area contributed by atoms with Gasteiger partial charge < -0.3 is 20.0 Å². The van der Waals surface area contributed by atoms with Crippen molar-refractivity contribution < 1.29 is 0 Å². The van der Waals surface area contributed by atoms with Crippen molar-refractivity contribution in [3.63, 3.8) is 0 Å². The summed E-state index contributed by atoms with van der Waals surface area (Å²) in [6.45, 7) is 19.1. The molecular weight excluding hydrogens is 1590 g/mol. The minimum Gasteiger partial charge on any atom is -0.356 e. The Labute approximate surface area is 752 Å². The third-order valence-electron chi connectivity index (χ3n) is 26.4. The first-order valence-corrected chi connectivity index (χ1v) is 44.3. The molecule has 0 bridgehead atoms. The quantitative estimate of drug-likeness (QED) is 0.124. The van der Waals surface area contributed by atoms with Gasteiger partial charge in [-0.15, -0.1) is 0 Å². The highest BCUT2D eigenvalue weighted by molar-refractivity contribution is 9.10. The van der Waals surface area contributed by atoms with Crippen LogP contribution in [0.2, 0.25) is 0 Å². The number of nitrogens with zero attached hydrogens (tertiary/aromatic N) is 3. The molecule has 0 saturated carbocycles. The fourth-order valence-electron chi connectivity index (χ4n) is 19.5. The van der Waals surface area contributed by atoms with Crippen molar-refractivity contribution >= 4 is 78.5 Å². The molecule has 0 radical (unpaired) electrons. The van der Waals surface area contributed by atoms with Gasteiger partial charge in [-0.3, -0.25) is 0 Å². The lowest BCUT2D eigenvalue weighted by Gasteiger charge is -2.49. The van der Waals surface area contributed by atoms with Gasteiger partial charge in [-0.1, -0.05) is 394 Å². The van der Waals surface area contributed by atoms with Crippen LogP contribution in [0.3, 0.4) is 0 Å². The van der Waals surface area contributed by atoms with Crippen molar-refractivity contribution in [2.45, 2.75) is 84.5 Å². The molecule has 0 atom stereocenters. The largest absolute Gasteiger partial charge is 0.356 e. The molecule has 0 fully saturated rings. The Morgan fingerprint density at radius 2 is 0.381 bits per heavy atom. The topological polar surface area (TPSA) is 21.8 Å². The van der Waals surface area contributed by atoms with Gasteiger partial charge in [-0.25, -0.2) is 0 Å². The number of anilines is 11. The average Bonchev–Trinajstić information content (AvgIpc) is 0.692. The Kier molecular flexibility index (Phi) is 21.5. The molecule has 4 aliphatic heterocycles. The van der Waals surface area contributed by atoms with E-state index in [0.29, 0.717) is 0 Å². The summed E-state index contributed by atoms with van der Waals surface area (Å²) in [7, 11) is 0. The van der Waals surface area contributed by atoms with E-state index in [9.17, 15) is 0 Å². The van der Waals surface area contributed by atoms with Crippen LogP contribution in [0.25, 0.3) is 89.0 Å².